The van der Waals surface area contributed by atoms with Crippen molar-refractivity contribution in [1.82, 2.24) is 0 Å². The van der Waals surface area contributed by atoms with Crippen LogP contribution in [0.3, 0.4) is 0 Å². The molecule has 0 saturated heterocycles. The van der Waals surface area contributed by atoms with Crippen molar-refractivity contribution < 1.29 is 18.6 Å². The van der Waals surface area contributed by atoms with Gasteiger partial charge in [0.25, 0.3) is 0 Å². The van der Waals surface area contributed by atoms with Crippen molar-refractivity contribution in [2.75, 3.05) is 20.8 Å². The normalized spacial score (nSPS) is 10.7. The maximum absolute atomic E-state index is 4.70. The third kappa shape index (κ3) is 4.75. The van der Waals surface area contributed by atoms with Crippen LogP contribution in [-0.4, -0.2) is 20.8 Å². The first-order chi connectivity index (χ1) is 4.35. The summed E-state index contributed by atoms with van der Waals surface area (Å²) in [6.07, 6.45) is 0. The van der Waals surface area contributed by atoms with E-state index in [1.54, 1.807) is 0 Å². The molecule has 0 aromatic heterocycles. The molecular weight excluding hydrogens is 143 g/mol. The molecule has 0 fully saturated rings. The maximum Gasteiger partial charge on any atom is 0.362 e. The average molecular weight is 154 g/mol. The zero-order valence-corrected chi connectivity index (χ0v) is 6.68. The van der Waals surface area contributed by atoms with Gasteiger partial charge in [0, 0.05) is 14.2 Å². The smallest absolute Gasteiger partial charge is 0.314 e. The SMILES string of the molecule is CCOOP(OC)OC. The van der Waals surface area contributed by atoms with Crippen LogP contribution in [0.5, 0.6) is 0 Å². The first-order valence-corrected chi connectivity index (χ1v) is 3.62. The lowest BCUT2D eigenvalue weighted by molar-refractivity contribution is -0.211. The van der Waals surface area contributed by atoms with Crippen LogP contribution in [0.4, 0.5) is 0 Å². The standard InChI is InChI=1S/C4H11O4P/c1-4-7-8-9(5-2)6-3/h4H2,1-3H3. The van der Waals surface area contributed by atoms with E-state index in [0.717, 1.165) is 0 Å². The summed E-state index contributed by atoms with van der Waals surface area (Å²) < 4.78 is 14.0. The zero-order chi connectivity index (χ0) is 7.11. The van der Waals surface area contributed by atoms with E-state index in [1.807, 2.05) is 6.92 Å². The van der Waals surface area contributed by atoms with E-state index in [2.05, 4.69) is 9.56 Å². The van der Waals surface area contributed by atoms with Gasteiger partial charge in [-0.3, -0.25) is 0 Å². The Morgan fingerprint density at radius 2 is 1.78 bits per heavy atom. The average Bonchev–Trinajstić information content (AvgIpc) is 1.91. The van der Waals surface area contributed by atoms with Gasteiger partial charge >= 0.3 is 8.60 Å². The summed E-state index contributed by atoms with van der Waals surface area (Å²) in [4.78, 5) is 4.56. The zero-order valence-electron chi connectivity index (χ0n) is 5.79. The van der Waals surface area contributed by atoms with Crippen molar-refractivity contribution in [1.29, 1.82) is 0 Å². The molecule has 0 heterocycles. The monoisotopic (exact) mass is 154 g/mol. The van der Waals surface area contributed by atoms with Crippen LogP contribution in [-0.2, 0) is 18.6 Å². The molecule has 56 valence electrons. The molecule has 0 bridgehead atoms. The second kappa shape index (κ2) is 6.39. The van der Waals surface area contributed by atoms with Gasteiger partial charge in [0.15, 0.2) is 0 Å². The molecule has 4 nitrogen and oxygen atoms in total. The molecular formula is C4H11O4P. The van der Waals surface area contributed by atoms with Gasteiger partial charge in [-0.15, -0.1) is 0 Å². The van der Waals surface area contributed by atoms with Gasteiger partial charge in [-0.05, 0) is 6.92 Å². The lowest BCUT2D eigenvalue weighted by atomic mass is 10.9. The molecule has 9 heavy (non-hydrogen) atoms. The highest BCUT2D eigenvalue weighted by Gasteiger charge is 2.06. The van der Waals surface area contributed by atoms with Gasteiger partial charge < -0.3 is 9.05 Å². The quantitative estimate of drug-likeness (QED) is 0.341. The molecule has 0 saturated carbocycles. The molecule has 0 aliphatic rings. The molecule has 0 amide bonds. The third-order valence-corrected chi connectivity index (χ3v) is 1.35. The largest absolute Gasteiger partial charge is 0.362 e. The minimum Gasteiger partial charge on any atom is -0.314 e. The minimum atomic E-state index is -1.28. The fourth-order valence-electron chi connectivity index (χ4n) is 0.231. The van der Waals surface area contributed by atoms with Crippen LogP contribution in [0.15, 0.2) is 0 Å². The first-order valence-electron chi connectivity index (χ1n) is 2.53. The van der Waals surface area contributed by atoms with Gasteiger partial charge in [0.1, 0.15) is 0 Å². The Morgan fingerprint density at radius 3 is 2.11 bits per heavy atom. The molecule has 0 N–H and O–H groups in total. The van der Waals surface area contributed by atoms with Crippen molar-refractivity contribution in [3.8, 4) is 0 Å². The summed E-state index contributed by atoms with van der Waals surface area (Å²) in [5.74, 6) is 0. The van der Waals surface area contributed by atoms with Crippen molar-refractivity contribution in [2.45, 2.75) is 6.92 Å². The molecule has 0 spiro atoms. The van der Waals surface area contributed by atoms with E-state index in [1.165, 1.54) is 14.2 Å². The third-order valence-electron chi connectivity index (χ3n) is 0.530. The summed E-state index contributed by atoms with van der Waals surface area (Å²) >= 11 is 0. The van der Waals surface area contributed by atoms with Crippen LogP contribution in [0, 0.1) is 0 Å². The second-order valence-electron chi connectivity index (χ2n) is 1.07. The van der Waals surface area contributed by atoms with E-state index < -0.39 is 8.60 Å². The minimum absolute atomic E-state index is 0.492. The summed E-state index contributed by atoms with van der Waals surface area (Å²) in [7, 11) is 1.70. The molecule has 0 aromatic rings. The fraction of sp³-hybridized carbons (Fsp3) is 1.00. The van der Waals surface area contributed by atoms with Gasteiger partial charge in [0.05, 0.1) is 6.61 Å². The van der Waals surface area contributed by atoms with Gasteiger partial charge in [-0.2, -0.15) is 4.67 Å². The Hall–Kier alpha value is 0.270. The summed E-state index contributed by atoms with van der Waals surface area (Å²) in [6.45, 7) is 2.31. The molecule has 5 heteroatoms. The Kier molecular flexibility index (Phi) is 6.58. The predicted octanol–water partition coefficient (Wildman–Crippen LogP) is 1.47. The second-order valence-corrected chi connectivity index (χ2v) is 2.40. The Labute approximate surface area is 56.0 Å². The van der Waals surface area contributed by atoms with Crippen LogP contribution in [0.2, 0.25) is 0 Å². The lowest BCUT2D eigenvalue weighted by Crippen LogP contribution is -1.91. The van der Waals surface area contributed by atoms with Crippen LogP contribution in [0.1, 0.15) is 6.92 Å². The molecule has 0 radical (unpaired) electrons. The van der Waals surface area contributed by atoms with Crippen molar-refractivity contribution >= 4 is 8.60 Å². The fourth-order valence-corrected chi connectivity index (χ4v) is 0.693. The predicted molar refractivity (Wildman–Crippen MR) is 33.6 cm³/mol. The number of rotatable bonds is 5. The van der Waals surface area contributed by atoms with E-state index in [-0.39, 0.29) is 0 Å². The molecule has 0 aliphatic carbocycles. The van der Waals surface area contributed by atoms with E-state index in [4.69, 9.17) is 9.05 Å². The molecule has 0 rings (SSSR count). The van der Waals surface area contributed by atoms with Gasteiger partial charge in [0.2, 0.25) is 0 Å². The van der Waals surface area contributed by atoms with Gasteiger partial charge in [-0.1, -0.05) is 0 Å². The Morgan fingerprint density at radius 1 is 1.22 bits per heavy atom. The van der Waals surface area contributed by atoms with Crippen molar-refractivity contribution in [2.24, 2.45) is 0 Å². The number of hydrogen-bond acceptors (Lipinski definition) is 4. The van der Waals surface area contributed by atoms with Crippen LogP contribution >= 0.6 is 8.60 Å². The highest BCUT2D eigenvalue weighted by atomic mass is 31.2. The molecule has 0 unspecified atom stereocenters. The topological polar surface area (TPSA) is 36.9 Å². The lowest BCUT2D eigenvalue weighted by Gasteiger charge is -2.08. The van der Waals surface area contributed by atoms with E-state index in [0.29, 0.717) is 6.61 Å². The molecule has 0 aromatic carbocycles. The van der Waals surface area contributed by atoms with Crippen LogP contribution in [0.25, 0.3) is 0 Å². The van der Waals surface area contributed by atoms with E-state index in [9.17, 15) is 0 Å². The molecule has 0 atom stereocenters. The highest BCUT2D eigenvalue weighted by Crippen LogP contribution is 2.36. The summed E-state index contributed by atoms with van der Waals surface area (Å²) in [5, 5.41) is 0. The molecule has 0 aliphatic heterocycles. The first kappa shape index (κ1) is 9.27. The number of hydrogen-bond donors (Lipinski definition) is 0. The van der Waals surface area contributed by atoms with Gasteiger partial charge in [-0.25, -0.2) is 4.89 Å². The Bertz CT molecular complexity index is 56.5. The Balaban J connectivity index is 3.09. The highest BCUT2D eigenvalue weighted by molar-refractivity contribution is 7.41. The van der Waals surface area contributed by atoms with E-state index >= 15 is 0 Å². The van der Waals surface area contributed by atoms with Crippen molar-refractivity contribution in [3.63, 3.8) is 0 Å². The maximum atomic E-state index is 4.70. The van der Waals surface area contributed by atoms with Crippen LogP contribution < -0.4 is 0 Å². The summed E-state index contributed by atoms with van der Waals surface area (Å²) in [6, 6.07) is 0. The van der Waals surface area contributed by atoms with Crippen molar-refractivity contribution in [3.05, 3.63) is 0 Å². The summed E-state index contributed by atoms with van der Waals surface area (Å²) in [5.41, 5.74) is 0.